The minimum Gasteiger partial charge on any atom is -0.299 e. The van der Waals surface area contributed by atoms with E-state index < -0.39 is 0 Å². The molecule has 2 heterocycles. The molecule has 1 aromatic rings. The van der Waals surface area contributed by atoms with Gasteiger partial charge in [-0.3, -0.25) is 5.32 Å². The van der Waals surface area contributed by atoms with Crippen LogP contribution < -0.4 is 5.32 Å². The number of aryl methyl sites for hydroxylation is 1. The molecule has 2 nitrogen and oxygen atoms in total. The number of thiazole rings is 1. The Bertz CT molecular complexity index is 272. The molecule has 4 heteroatoms. The van der Waals surface area contributed by atoms with Crippen molar-refractivity contribution in [2.45, 2.75) is 24.5 Å². The third-order valence-corrected chi connectivity index (χ3v) is 4.29. The van der Waals surface area contributed by atoms with E-state index in [9.17, 15) is 0 Å². The van der Waals surface area contributed by atoms with E-state index in [2.05, 4.69) is 22.6 Å². The molecule has 2 atom stereocenters. The quantitative estimate of drug-likeness (QED) is 0.752. The number of rotatable bonds is 1. The molecule has 0 spiro atoms. The first-order valence-corrected chi connectivity index (χ1v) is 5.89. The van der Waals surface area contributed by atoms with Crippen molar-refractivity contribution < 1.29 is 0 Å². The lowest BCUT2D eigenvalue weighted by molar-refractivity contribution is 0.713. The second-order valence-corrected chi connectivity index (χ2v) is 5.50. The Morgan fingerprint density at radius 1 is 1.67 bits per heavy atom. The molecule has 66 valence electrons. The molecule has 1 saturated heterocycles. The van der Waals surface area contributed by atoms with Gasteiger partial charge in [0.05, 0.1) is 0 Å². The molecule has 1 fully saturated rings. The molecule has 0 aromatic carbocycles. The molecule has 0 radical (unpaired) electrons. The van der Waals surface area contributed by atoms with Crippen LogP contribution in [-0.4, -0.2) is 16.8 Å². The van der Waals surface area contributed by atoms with Crippen molar-refractivity contribution in [3.63, 3.8) is 0 Å². The molecule has 12 heavy (non-hydrogen) atoms. The molecule has 0 bridgehead atoms. The van der Waals surface area contributed by atoms with Gasteiger partial charge in [0, 0.05) is 22.9 Å². The molecule has 1 aromatic heterocycles. The molecule has 2 rings (SSSR count). The number of nitrogens with one attached hydrogen (secondary N) is 1. The fraction of sp³-hybridized carbons (Fsp3) is 0.625. The molecule has 0 amide bonds. The van der Waals surface area contributed by atoms with E-state index in [0.717, 1.165) is 17.5 Å². The second-order valence-electron chi connectivity index (χ2n) is 3.06. The van der Waals surface area contributed by atoms with Crippen LogP contribution in [0.5, 0.6) is 0 Å². The minimum atomic E-state index is 0.443. The monoisotopic (exact) mass is 200 g/mol. The van der Waals surface area contributed by atoms with Gasteiger partial charge >= 0.3 is 0 Å². The lowest BCUT2D eigenvalue weighted by atomic mass is 10.5. The van der Waals surface area contributed by atoms with Gasteiger partial charge in [0.1, 0.15) is 10.4 Å². The van der Waals surface area contributed by atoms with Crippen molar-refractivity contribution in [2.24, 2.45) is 0 Å². The van der Waals surface area contributed by atoms with E-state index in [4.69, 9.17) is 0 Å². The summed E-state index contributed by atoms with van der Waals surface area (Å²) >= 11 is 3.72. The van der Waals surface area contributed by atoms with E-state index in [1.165, 1.54) is 5.01 Å². The summed E-state index contributed by atoms with van der Waals surface area (Å²) in [6.45, 7) is 5.40. The van der Waals surface area contributed by atoms with Crippen LogP contribution in [0, 0.1) is 6.92 Å². The molecule has 2 unspecified atom stereocenters. The van der Waals surface area contributed by atoms with Crippen LogP contribution in [0.2, 0.25) is 0 Å². The van der Waals surface area contributed by atoms with Crippen molar-refractivity contribution in [1.82, 2.24) is 10.3 Å². The summed E-state index contributed by atoms with van der Waals surface area (Å²) in [5.41, 5.74) is 1.14. The molecular formula is C8H12N2S2. The van der Waals surface area contributed by atoms with Crippen molar-refractivity contribution in [3.05, 3.63) is 16.1 Å². The van der Waals surface area contributed by atoms with Crippen LogP contribution in [-0.2, 0) is 0 Å². The Morgan fingerprint density at radius 2 is 2.50 bits per heavy atom. The minimum absolute atomic E-state index is 0.443. The topological polar surface area (TPSA) is 24.9 Å². The fourth-order valence-corrected chi connectivity index (χ4v) is 3.34. The van der Waals surface area contributed by atoms with Crippen LogP contribution in [0.3, 0.4) is 0 Å². The predicted octanol–water partition coefficient (Wildman–Crippen LogP) is 2.18. The molecule has 1 aliphatic rings. The molecule has 0 aliphatic carbocycles. The van der Waals surface area contributed by atoms with Gasteiger partial charge < -0.3 is 0 Å². The van der Waals surface area contributed by atoms with Crippen molar-refractivity contribution >= 4 is 23.1 Å². The Morgan fingerprint density at radius 3 is 3.00 bits per heavy atom. The van der Waals surface area contributed by atoms with Gasteiger partial charge in [0.25, 0.3) is 0 Å². The third-order valence-electron chi connectivity index (χ3n) is 1.82. The first-order valence-electron chi connectivity index (χ1n) is 4.06. The lowest BCUT2D eigenvalue weighted by Gasteiger charge is -2.03. The summed E-state index contributed by atoms with van der Waals surface area (Å²) in [4.78, 5) is 4.46. The van der Waals surface area contributed by atoms with Gasteiger partial charge in [-0.05, 0) is 6.92 Å². The first-order chi connectivity index (χ1) is 5.75. The zero-order valence-electron chi connectivity index (χ0n) is 7.20. The summed E-state index contributed by atoms with van der Waals surface area (Å²) in [5.74, 6) is 0. The maximum absolute atomic E-state index is 4.46. The normalized spacial score (nSPS) is 29.5. The van der Waals surface area contributed by atoms with Gasteiger partial charge in [0.2, 0.25) is 0 Å². The zero-order chi connectivity index (χ0) is 8.55. The summed E-state index contributed by atoms with van der Waals surface area (Å²) < 4.78 is 0. The van der Waals surface area contributed by atoms with Crippen LogP contribution in [0.4, 0.5) is 0 Å². The Hall–Kier alpha value is -0.0600. The van der Waals surface area contributed by atoms with Gasteiger partial charge in [-0.15, -0.1) is 23.1 Å². The van der Waals surface area contributed by atoms with E-state index in [0.29, 0.717) is 5.37 Å². The first kappa shape index (κ1) is 8.53. The van der Waals surface area contributed by atoms with Crippen LogP contribution in [0.15, 0.2) is 5.38 Å². The summed E-state index contributed by atoms with van der Waals surface area (Å²) in [6, 6.07) is 0. The number of nitrogens with zero attached hydrogens (tertiary/aromatic N) is 1. The SMILES string of the molecule is Cc1csc(C2NCC(C)S2)n1. The molecule has 0 saturated carbocycles. The predicted molar refractivity (Wildman–Crippen MR) is 54.6 cm³/mol. The van der Waals surface area contributed by atoms with Gasteiger partial charge in [-0.25, -0.2) is 4.98 Å². The van der Waals surface area contributed by atoms with E-state index in [-0.39, 0.29) is 0 Å². The lowest BCUT2D eigenvalue weighted by Crippen LogP contribution is -2.13. The Labute approximate surface area is 80.8 Å². The van der Waals surface area contributed by atoms with Crippen LogP contribution >= 0.6 is 23.1 Å². The second kappa shape index (κ2) is 3.36. The Balaban J connectivity index is 2.11. The average molecular weight is 200 g/mol. The smallest absolute Gasteiger partial charge is 0.120 e. The molecule has 1 aliphatic heterocycles. The number of hydrogen-bond donors (Lipinski definition) is 1. The van der Waals surface area contributed by atoms with Gasteiger partial charge in [-0.1, -0.05) is 6.92 Å². The summed E-state index contributed by atoms with van der Waals surface area (Å²) in [5, 5.41) is 7.95. The molecule has 1 N–H and O–H groups in total. The highest BCUT2D eigenvalue weighted by Gasteiger charge is 2.24. The van der Waals surface area contributed by atoms with E-state index in [1.807, 2.05) is 18.7 Å². The third kappa shape index (κ3) is 1.65. The maximum atomic E-state index is 4.46. The van der Waals surface area contributed by atoms with E-state index in [1.54, 1.807) is 11.3 Å². The highest BCUT2D eigenvalue weighted by Crippen LogP contribution is 2.35. The van der Waals surface area contributed by atoms with Crippen molar-refractivity contribution in [3.8, 4) is 0 Å². The van der Waals surface area contributed by atoms with Crippen LogP contribution in [0.1, 0.15) is 23.0 Å². The van der Waals surface area contributed by atoms with Gasteiger partial charge in [-0.2, -0.15) is 0 Å². The largest absolute Gasteiger partial charge is 0.299 e. The number of thioether (sulfide) groups is 1. The number of hydrogen-bond acceptors (Lipinski definition) is 4. The highest BCUT2D eigenvalue weighted by atomic mass is 32.2. The number of aromatic nitrogens is 1. The maximum Gasteiger partial charge on any atom is 0.120 e. The van der Waals surface area contributed by atoms with Gasteiger partial charge in [0.15, 0.2) is 0 Å². The van der Waals surface area contributed by atoms with E-state index >= 15 is 0 Å². The van der Waals surface area contributed by atoms with Crippen molar-refractivity contribution in [1.29, 1.82) is 0 Å². The fourth-order valence-electron chi connectivity index (χ4n) is 1.24. The van der Waals surface area contributed by atoms with Crippen molar-refractivity contribution in [2.75, 3.05) is 6.54 Å². The standard InChI is InChI=1S/C8H12N2S2/c1-5-4-11-8(10-5)7-9-3-6(2)12-7/h4,6-7,9H,3H2,1-2H3. The summed E-state index contributed by atoms with van der Waals surface area (Å²) in [7, 11) is 0. The zero-order valence-corrected chi connectivity index (χ0v) is 8.84. The highest BCUT2D eigenvalue weighted by molar-refractivity contribution is 8.00. The Kier molecular flexibility index (Phi) is 2.39. The molecular weight excluding hydrogens is 188 g/mol. The average Bonchev–Trinajstić information content (AvgIpc) is 2.58. The van der Waals surface area contributed by atoms with Crippen LogP contribution in [0.25, 0.3) is 0 Å². The summed E-state index contributed by atoms with van der Waals surface area (Å²) in [6.07, 6.45) is 0.